The van der Waals surface area contributed by atoms with E-state index in [1.807, 2.05) is 7.05 Å². The number of nitrogens with one attached hydrogen (secondary N) is 1. The first kappa shape index (κ1) is 15.4. The minimum absolute atomic E-state index is 0.0768. The molecule has 4 heteroatoms. The molecule has 0 spiro atoms. The number of ether oxygens (including phenoxy) is 1. The van der Waals surface area contributed by atoms with Crippen LogP contribution in [0, 0.1) is 11.8 Å². The van der Waals surface area contributed by atoms with Crippen molar-refractivity contribution in [2.24, 2.45) is 17.6 Å². The van der Waals surface area contributed by atoms with Gasteiger partial charge in [0.05, 0.1) is 0 Å². The first-order valence-corrected chi connectivity index (χ1v) is 7.13. The fourth-order valence-corrected chi connectivity index (χ4v) is 2.51. The maximum atomic E-state index is 11.8. The fourth-order valence-electron chi connectivity index (χ4n) is 2.51. The summed E-state index contributed by atoms with van der Waals surface area (Å²) in [4.78, 5) is 11.8. The second-order valence-electron chi connectivity index (χ2n) is 5.70. The van der Waals surface area contributed by atoms with Crippen LogP contribution >= 0.6 is 0 Å². The highest BCUT2D eigenvalue weighted by molar-refractivity contribution is 5.70. The standard InChI is InChI=1S/C14H28N2O2/c1-10(2)11(9-15)8-14(17)18-13-6-4-12(16-3)5-7-13/h10-13,16H,4-9,15H2,1-3H3. The Bertz CT molecular complexity index is 248. The normalized spacial score (nSPS) is 26.1. The Hall–Kier alpha value is -0.610. The van der Waals surface area contributed by atoms with Crippen LogP contribution in [0.5, 0.6) is 0 Å². The molecule has 106 valence electrons. The number of rotatable bonds is 6. The SMILES string of the molecule is CNC1CCC(OC(=O)CC(CN)C(C)C)CC1. The number of carbonyl (C=O) groups is 1. The maximum Gasteiger partial charge on any atom is 0.306 e. The molecule has 0 saturated heterocycles. The quantitative estimate of drug-likeness (QED) is 0.710. The summed E-state index contributed by atoms with van der Waals surface area (Å²) in [6, 6.07) is 0.590. The number of hydrogen-bond donors (Lipinski definition) is 2. The molecule has 0 radical (unpaired) electrons. The summed E-state index contributed by atoms with van der Waals surface area (Å²) < 4.78 is 5.54. The van der Waals surface area contributed by atoms with Crippen molar-refractivity contribution < 1.29 is 9.53 Å². The molecule has 4 nitrogen and oxygen atoms in total. The van der Waals surface area contributed by atoms with Crippen molar-refractivity contribution >= 4 is 5.97 Å². The predicted molar refractivity (Wildman–Crippen MR) is 73.2 cm³/mol. The summed E-state index contributed by atoms with van der Waals surface area (Å²) in [6.07, 6.45) is 4.73. The van der Waals surface area contributed by atoms with Gasteiger partial charge in [-0.05, 0) is 51.1 Å². The molecule has 1 fully saturated rings. The van der Waals surface area contributed by atoms with E-state index in [1.165, 1.54) is 0 Å². The van der Waals surface area contributed by atoms with Gasteiger partial charge in [0.2, 0.25) is 0 Å². The van der Waals surface area contributed by atoms with E-state index in [4.69, 9.17) is 10.5 Å². The van der Waals surface area contributed by atoms with E-state index in [9.17, 15) is 4.79 Å². The lowest BCUT2D eigenvalue weighted by Crippen LogP contribution is -2.34. The smallest absolute Gasteiger partial charge is 0.306 e. The van der Waals surface area contributed by atoms with E-state index >= 15 is 0 Å². The maximum absolute atomic E-state index is 11.8. The van der Waals surface area contributed by atoms with Gasteiger partial charge in [-0.2, -0.15) is 0 Å². The Morgan fingerprint density at radius 3 is 2.39 bits per heavy atom. The third-order valence-electron chi connectivity index (χ3n) is 4.05. The van der Waals surface area contributed by atoms with Crippen molar-refractivity contribution in [3.8, 4) is 0 Å². The Morgan fingerprint density at radius 2 is 1.94 bits per heavy atom. The molecule has 0 bridgehead atoms. The third-order valence-corrected chi connectivity index (χ3v) is 4.05. The Balaban J connectivity index is 2.28. The highest BCUT2D eigenvalue weighted by Crippen LogP contribution is 2.22. The molecule has 0 heterocycles. The summed E-state index contributed by atoms with van der Waals surface area (Å²) >= 11 is 0. The van der Waals surface area contributed by atoms with E-state index in [-0.39, 0.29) is 18.0 Å². The molecule has 0 amide bonds. The van der Waals surface area contributed by atoms with Gasteiger partial charge in [-0.25, -0.2) is 0 Å². The van der Waals surface area contributed by atoms with Crippen LogP contribution in [0.3, 0.4) is 0 Å². The van der Waals surface area contributed by atoms with E-state index in [2.05, 4.69) is 19.2 Å². The van der Waals surface area contributed by atoms with Crippen molar-refractivity contribution in [2.45, 2.75) is 58.1 Å². The van der Waals surface area contributed by atoms with Gasteiger partial charge in [0, 0.05) is 12.5 Å². The molecule has 0 aromatic heterocycles. The fraction of sp³-hybridized carbons (Fsp3) is 0.929. The zero-order chi connectivity index (χ0) is 13.5. The van der Waals surface area contributed by atoms with Gasteiger partial charge in [-0.1, -0.05) is 13.8 Å². The van der Waals surface area contributed by atoms with Crippen molar-refractivity contribution in [3.05, 3.63) is 0 Å². The van der Waals surface area contributed by atoms with Crippen molar-refractivity contribution in [1.29, 1.82) is 0 Å². The molecular formula is C14H28N2O2. The number of carbonyl (C=O) groups excluding carboxylic acids is 1. The van der Waals surface area contributed by atoms with Gasteiger partial charge < -0.3 is 15.8 Å². The molecule has 0 aromatic carbocycles. The van der Waals surface area contributed by atoms with E-state index in [1.54, 1.807) is 0 Å². The minimum atomic E-state index is -0.0768. The van der Waals surface area contributed by atoms with E-state index in [0.717, 1.165) is 25.7 Å². The Kier molecular flexibility index (Phi) is 6.65. The van der Waals surface area contributed by atoms with Gasteiger partial charge in [-0.15, -0.1) is 0 Å². The lowest BCUT2D eigenvalue weighted by Gasteiger charge is -2.28. The highest BCUT2D eigenvalue weighted by Gasteiger charge is 2.24. The Labute approximate surface area is 111 Å². The van der Waals surface area contributed by atoms with Crippen molar-refractivity contribution in [2.75, 3.05) is 13.6 Å². The summed E-state index contributed by atoms with van der Waals surface area (Å²) in [6.45, 7) is 4.76. The molecule has 1 saturated carbocycles. The topological polar surface area (TPSA) is 64.3 Å². The second-order valence-corrected chi connectivity index (χ2v) is 5.70. The molecule has 1 aliphatic carbocycles. The van der Waals surface area contributed by atoms with Crippen LogP contribution in [-0.2, 0) is 9.53 Å². The summed E-state index contributed by atoms with van der Waals surface area (Å²) in [5.74, 6) is 0.598. The largest absolute Gasteiger partial charge is 0.462 e. The summed E-state index contributed by atoms with van der Waals surface area (Å²) in [7, 11) is 1.99. The van der Waals surface area contributed by atoms with Gasteiger partial charge >= 0.3 is 5.97 Å². The third kappa shape index (κ3) is 4.94. The van der Waals surface area contributed by atoms with Gasteiger partial charge in [0.1, 0.15) is 6.10 Å². The molecule has 0 aromatic rings. The molecule has 18 heavy (non-hydrogen) atoms. The lowest BCUT2D eigenvalue weighted by atomic mass is 9.92. The van der Waals surface area contributed by atoms with Crippen LogP contribution in [0.15, 0.2) is 0 Å². The average Bonchev–Trinajstić information content (AvgIpc) is 2.36. The van der Waals surface area contributed by atoms with Crippen molar-refractivity contribution in [3.63, 3.8) is 0 Å². The molecule has 3 N–H and O–H groups in total. The average molecular weight is 256 g/mol. The van der Waals surface area contributed by atoms with Gasteiger partial charge in [-0.3, -0.25) is 4.79 Å². The number of esters is 1. The minimum Gasteiger partial charge on any atom is -0.462 e. The second kappa shape index (κ2) is 7.74. The monoisotopic (exact) mass is 256 g/mol. The lowest BCUT2D eigenvalue weighted by molar-refractivity contribution is -0.152. The molecule has 0 aliphatic heterocycles. The first-order chi connectivity index (χ1) is 8.56. The van der Waals surface area contributed by atoms with E-state index < -0.39 is 0 Å². The van der Waals surface area contributed by atoms with Gasteiger partial charge in [0.15, 0.2) is 0 Å². The molecule has 1 unspecified atom stereocenters. The molecule has 1 rings (SSSR count). The van der Waals surface area contributed by atoms with Crippen molar-refractivity contribution in [1.82, 2.24) is 5.32 Å². The predicted octanol–water partition coefficient (Wildman–Crippen LogP) is 1.68. The molecule has 1 aliphatic rings. The van der Waals surface area contributed by atoms with Crippen LogP contribution in [0.4, 0.5) is 0 Å². The first-order valence-electron chi connectivity index (χ1n) is 7.13. The zero-order valence-electron chi connectivity index (χ0n) is 11.9. The zero-order valence-corrected chi connectivity index (χ0v) is 11.9. The van der Waals surface area contributed by atoms with Gasteiger partial charge in [0.25, 0.3) is 0 Å². The van der Waals surface area contributed by atoms with Crippen LogP contribution in [-0.4, -0.2) is 31.7 Å². The van der Waals surface area contributed by atoms with Crippen LogP contribution in [0.25, 0.3) is 0 Å². The Morgan fingerprint density at radius 1 is 1.33 bits per heavy atom. The number of nitrogens with two attached hydrogens (primary N) is 1. The summed E-state index contributed by atoms with van der Waals surface area (Å²) in [5.41, 5.74) is 5.68. The van der Waals surface area contributed by atoms with Crippen LogP contribution in [0.2, 0.25) is 0 Å². The highest BCUT2D eigenvalue weighted by atomic mass is 16.5. The van der Waals surface area contributed by atoms with E-state index in [0.29, 0.717) is 24.9 Å². The molecule has 1 atom stereocenters. The van der Waals surface area contributed by atoms with Crippen LogP contribution in [0.1, 0.15) is 46.0 Å². The molecular weight excluding hydrogens is 228 g/mol. The summed E-state index contributed by atoms with van der Waals surface area (Å²) in [5, 5.41) is 3.28. The number of hydrogen-bond acceptors (Lipinski definition) is 4. The van der Waals surface area contributed by atoms with Crippen LogP contribution < -0.4 is 11.1 Å².